The molecule has 0 aromatic rings. The molecule has 1 atom stereocenters. The Morgan fingerprint density at radius 1 is 1.56 bits per heavy atom. The molecule has 0 saturated carbocycles. The van der Waals surface area contributed by atoms with E-state index in [-0.39, 0.29) is 17.4 Å². The van der Waals surface area contributed by atoms with Gasteiger partial charge in [0.25, 0.3) is 0 Å². The third-order valence-electron chi connectivity index (χ3n) is 3.14. The summed E-state index contributed by atoms with van der Waals surface area (Å²) in [7, 11) is 0. The lowest BCUT2D eigenvalue weighted by Gasteiger charge is -2.32. The summed E-state index contributed by atoms with van der Waals surface area (Å²) in [4.78, 5) is 14.1. The monoisotopic (exact) mass is 227 g/mol. The van der Waals surface area contributed by atoms with Gasteiger partial charge in [0.15, 0.2) is 0 Å². The second-order valence-electron chi connectivity index (χ2n) is 5.46. The first-order chi connectivity index (χ1) is 7.50. The van der Waals surface area contributed by atoms with E-state index in [1.807, 2.05) is 0 Å². The Hall–Kier alpha value is -0.610. The fourth-order valence-electron chi connectivity index (χ4n) is 2.18. The molecule has 0 aromatic heterocycles. The molecule has 0 spiro atoms. The van der Waals surface area contributed by atoms with Crippen LogP contribution < -0.4 is 11.1 Å². The number of carbonyl (C=O) groups excluding carboxylic acids is 1. The van der Waals surface area contributed by atoms with Gasteiger partial charge < -0.3 is 11.1 Å². The highest BCUT2D eigenvalue weighted by molar-refractivity contribution is 5.82. The van der Waals surface area contributed by atoms with Crippen LogP contribution in [0, 0.1) is 5.41 Å². The number of carbonyl (C=O) groups is 1. The van der Waals surface area contributed by atoms with Gasteiger partial charge in [0.1, 0.15) is 6.04 Å². The Balaban J connectivity index is 2.74. The van der Waals surface area contributed by atoms with E-state index in [0.717, 1.165) is 32.5 Å². The van der Waals surface area contributed by atoms with Crippen LogP contribution in [0.5, 0.6) is 0 Å². The van der Waals surface area contributed by atoms with Crippen LogP contribution in [0.2, 0.25) is 0 Å². The Labute approximate surface area is 98.6 Å². The van der Waals surface area contributed by atoms with Crippen molar-refractivity contribution >= 4 is 5.91 Å². The molecule has 16 heavy (non-hydrogen) atoms. The van der Waals surface area contributed by atoms with Crippen LogP contribution in [-0.2, 0) is 4.79 Å². The summed E-state index contributed by atoms with van der Waals surface area (Å²) >= 11 is 0. The fraction of sp³-hybridized carbons (Fsp3) is 0.917. The molecule has 1 aliphatic rings. The van der Waals surface area contributed by atoms with E-state index >= 15 is 0 Å². The Kier molecular flexibility index (Phi) is 4.74. The second-order valence-corrected chi connectivity index (χ2v) is 5.46. The highest BCUT2D eigenvalue weighted by atomic mass is 16.2. The molecule has 1 aliphatic heterocycles. The molecule has 0 bridgehead atoms. The first-order valence-electron chi connectivity index (χ1n) is 6.22. The second kappa shape index (κ2) is 5.64. The maximum absolute atomic E-state index is 11.9. The SMILES string of the molecule is CCCCN1CC(C)(C)CNC(=O)C1CN. The Morgan fingerprint density at radius 3 is 2.81 bits per heavy atom. The minimum absolute atomic E-state index is 0.0872. The first-order valence-corrected chi connectivity index (χ1v) is 6.22. The molecule has 4 nitrogen and oxygen atoms in total. The van der Waals surface area contributed by atoms with Crippen LogP contribution in [0.15, 0.2) is 0 Å². The molecule has 1 heterocycles. The number of amides is 1. The topological polar surface area (TPSA) is 58.4 Å². The van der Waals surface area contributed by atoms with Gasteiger partial charge in [-0.15, -0.1) is 0 Å². The molecule has 1 amide bonds. The minimum Gasteiger partial charge on any atom is -0.354 e. The molecule has 4 heteroatoms. The van der Waals surface area contributed by atoms with Crippen molar-refractivity contribution in [2.75, 3.05) is 26.2 Å². The van der Waals surface area contributed by atoms with Crippen LogP contribution in [0.1, 0.15) is 33.6 Å². The zero-order valence-corrected chi connectivity index (χ0v) is 10.8. The molecular weight excluding hydrogens is 202 g/mol. The van der Waals surface area contributed by atoms with Gasteiger partial charge >= 0.3 is 0 Å². The first kappa shape index (κ1) is 13.5. The normalized spacial score (nSPS) is 26.2. The van der Waals surface area contributed by atoms with Crippen molar-refractivity contribution in [1.29, 1.82) is 0 Å². The van der Waals surface area contributed by atoms with Crippen molar-refractivity contribution in [3.63, 3.8) is 0 Å². The molecule has 1 fully saturated rings. The number of rotatable bonds is 4. The number of hydrogen-bond donors (Lipinski definition) is 2. The summed E-state index contributed by atoms with van der Waals surface area (Å²) in [5, 5.41) is 2.98. The average molecular weight is 227 g/mol. The third-order valence-corrected chi connectivity index (χ3v) is 3.14. The van der Waals surface area contributed by atoms with Gasteiger partial charge in [-0.05, 0) is 18.4 Å². The maximum atomic E-state index is 11.9. The molecule has 1 saturated heterocycles. The van der Waals surface area contributed by atoms with E-state index in [2.05, 4.69) is 31.0 Å². The van der Waals surface area contributed by atoms with E-state index in [1.165, 1.54) is 0 Å². The molecule has 0 aromatic carbocycles. The number of nitrogens with one attached hydrogen (secondary N) is 1. The zero-order chi connectivity index (χ0) is 12.2. The van der Waals surface area contributed by atoms with Crippen LogP contribution in [0.4, 0.5) is 0 Å². The highest BCUT2D eigenvalue weighted by Crippen LogP contribution is 2.20. The van der Waals surface area contributed by atoms with Crippen LogP contribution in [0.3, 0.4) is 0 Å². The Bertz CT molecular complexity index is 240. The van der Waals surface area contributed by atoms with Gasteiger partial charge in [0.2, 0.25) is 5.91 Å². The lowest BCUT2D eigenvalue weighted by molar-refractivity contribution is -0.125. The van der Waals surface area contributed by atoms with Crippen molar-refractivity contribution in [3.05, 3.63) is 0 Å². The standard InChI is InChI=1S/C12H25N3O/c1-4-5-6-15-9-12(2,3)8-14-11(16)10(15)7-13/h10H,4-9,13H2,1-3H3,(H,14,16). The predicted octanol–water partition coefficient (Wildman–Crippen LogP) is 0.572. The lowest BCUT2D eigenvalue weighted by Crippen LogP contribution is -2.49. The Morgan fingerprint density at radius 2 is 2.25 bits per heavy atom. The third kappa shape index (κ3) is 3.46. The van der Waals surface area contributed by atoms with Crippen LogP contribution in [-0.4, -0.2) is 43.0 Å². The summed E-state index contributed by atoms with van der Waals surface area (Å²) in [6, 6.07) is -0.145. The highest BCUT2D eigenvalue weighted by Gasteiger charge is 2.33. The van der Waals surface area contributed by atoms with E-state index < -0.39 is 0 Å². The van der Waals surface area contributed by atoms with Gasteiger partial charge in [-0.1, -0.05) is 27.2 Å². The summed E-state index contributed by atoms with van der Waals surface area (Å²) in [6.45, 7) is 9.59. The maximum Gasteiger partial charge on any atom is 0.238 e. The molecule has 0 aliphatic carbocycles. The number of unbranched alkanes of at least 4 members (excludes halogenated alkanes) is 1. The van der Waals surface area contributed by atoms with Gasteiger partial charge in [0, 0.05) is 19.6 Å². The minimum atomic E-state index is -0.145. The van der Waals surface area contributed by atoms with Gasteiger partial charge in [-0.3, -0.25) is 9.69 Å². The van der Waals surface area contributed by atoms with E-state index in [4.69, 9.17) is 5.73 Å². The van der Waals surface area contributed by atoms with Crippen LogP contribution >= 0.6 is 0 Å². The van der Waals surface area contributed by atoms with Crippen molar-refractivity contribution < 1.29 is 4.79 Å². The summed E-state index contributed by atoms with van der Waals surface area (Å²) in [6.07, 6.45) is 2.27. The number of nitrogens with two attached hydrogens (primary N) is 1. The summed E-state index contributed by atoms with van der Waals surface area (Å²) in [5.74, 6) is 0.0872. The molecule has 0 radical (unpaired) electrons. The quantitative estimate of drug-likeness (QED) is 0.738. The van der Waals surface area contributed by atoms with Crippen molar-refractivity contribution in [2.45, 2.75) is 39.7 Å². The fourth-order valence-corrected chi connectivity index (χ4v) is 2.18. The molecule has 3 N–H and O–H groups in total. The average Bonchev–Trinajstić information content (AvgIpc) is 2.33. The molecule has 94 valence electrons. The number of hydrogen-bond acceptors (Lipinski definition) is 3. The van der Waals surface area contributed by atoms with E-state index in [0.29, 0.717) is 6.54 Å². The van der Waals surface area contributed by atoms with Gasteiger partial charge in [-0.25, -0.2) is 0 Å². The van der Waals surface area contributed by atoms with Crippen molar-refractivity contribution in [3.8, 4) is 0 Å². The predicted molar refractivity (Wildman–Crippen MR) is 66.1 cm³/mol. The molecule has 1 unspecified atom stereocenters. The lowest BCUT2D eigenvalue weighted by atomic mass is 9.93. The van der Waals surface area contributed by atoms with Crippen LogP contribution in [0.25, 0.3) is 0 Å². The van der Waals surface area contributed by atoms with Crippen molar-refractivity contribution in [1.82, 2.24) is 10.2 Å². The van der Waals surface area contributed by atoms with Gasteiger partial charge in [-0.2, -0.15) is 0 Å². The molecular formula is C12H25N3O. The summed E-state index contributed by atoms with van der Waals surface area (Å²) < 4.78 is 0. The van der Waals surface area contributed by atoms with Gasteiger partial charge in [0.05, 0.1) is 0 Å². The zero-order valence-electron chi connectivity index (χ0n) is 10.8. The smallest absolute Gasteiger partial charge is 0.238 e. The largest absolute Gasteiger partial charge is 0.354 e. The number of nitrogens with zero attached hydrogens (tertiary/aromatic N) is 1. The van der Waals surface area contributed by atoms with E-state index in [9.17, 15) is 4.79 Å². The summed E-state index contributed by atoms with van der Waals surface area (Å²) in [5.41, 5.74) is 5.84. The van der Waals surface area contributed by atoms with E-state index in [1.54, 1.807) is 0 Å². The van der Waals surface area contributed by atoms with Crippen molar-refractivity contribution in [2.24, 2.45) is 11.1 Å². The molecule has 1 rings (SSSR count).